The maximum Gasteiger partial charge on any atom is 0.230 e. The molecule has 1 aliphatic heterocycles. The van der Waals surface area contributed by atoms with Crippen molar-refractivity contribution in [2.45, 2.75) is 24.6 Å². The lowest BCUT2D eigenvalue weighted by Gasteiger charge is -2.18. The predicted molar refractivity (Wildman–Crippen MR) is 124 cm³/mol. The van der Waals surface area contributed by atoms with Gasteiger partial charge in [-0.3, -0.25) is 4.79 Å². The average molecular weight is 457 g/mol. The number of hydrogen-bond donors (Lipinski definition) is 2. The van der Waals surface area contributed by atoms with Gasteiger partial charge in [0.2, 0.25) is 11.0 Å². The smallest absolute Gasteiger partial charge is 0.230 e. The normalized spacial score (nSPS) is 12.5. The zero-order chi connectivity index (χ0) is 21.6. The van der Waals surface area contributed by atoms with Crippen LogP contribution < -0.4 is 20.1 Å². The van der Waals surface area contributed by atoms with Crippen LogP contribution in [0.1, 0.15) is 16.7 Å². The molecule has 0 radical (unpaired) electrons. The molecule has 31 heavy (non-hydrogen) atoms. The van der Waals surface area contributed by atoms with Crippen molar-refractivity contribution >= 4 is 39.8 Å². The Hall–Kier alpha value is -2.78. The third-order valence-electron chi connectivity index (χ3n) is 4.92. The van der Waals surface area contributed by atoms with Crippen molar-refractivity contribution in [3.05, 3.63) is 53.1 Å². The average Bonchev–Trinajstić information content (AvgIpc) is 3.23. The van der Waals surface area contributed by atoms with Gasteiger partial charge in [-0.25, -0.2) is 0 Å². The number of nitrogens with zero attached hydrogens (tertiary/aromatic N) is 2. The third kappa shape index (κ3) is 5.68. The van der Waals surface area contributed by atoms with E-state index in [9.17, 15) is 4.79 Å². The van der Waals surface area contributed by atoms with Crippen LogP contribution in [0.4, 0.5) is 10.8 Å². The number of benzene rings is 2. The van der Waals surface area contributed by atoms with Crippen molar-refractivity contribution in [1.29, 1.82) is 0 Å². The van der Waals surface area contributed by atoms with Crippen molar-refractivity contribution in [3.8, 4) is 11.5 Å². The molecule has 1 aliphatic rings. The summed E-state index contributed by atoms with van der Waals surface area (Å²) in [5.74, 6) is 1.83. The summed E-state index contributed by atoms with van der Waals surface area (Å²) < 4.78 is 11.9. The van der Waals surface area contributed by atoms with Gasteiger partial charge in [0.1, 0.15) is 13.2 Å². The molecule has 3 aromatic rings. The number of aromatic nitrogens is 2. The van der Waals surface area contributed by atoms with Crippen LogP contribution in [0, 0.1) is 13.8 Å². The van der Waals surface area contributed by atoms with Gasteiger partial charge < -0.3 is 20.1 Å². The number of nitrogens with one attached hydrogen (secondary N) is 2. The minimum absolute atomic E-state index is 0.0261. The monoisotopic (exact) mass is 456 g/mol. The molecule has 162 valence electrons. The topological polar surface area (TPSA) is 85.4 Å². The van der Waals surface area contributed by atoms with Crippen LogP contribution in [-0.4, -0.2) is 41.6 Å². The molecule has 0 saturated heterocycles. The highest BCUT2D eigenvalue weighted by Crippen LogP contribution is 2.31. The standard InChI is InChI=1S/C22H24N4O3S2/c1-14-4-3-5-17(15(14)2)24-21-25-26-22(31-21)30-13-20(27)23-9-8-16-6-7-18-19(12-16)29-11-10-28-18/h3-7,12H,8-11,13H2,1-2H3,(H,23,27)(H,24,25). The highest BCUT2D eigenvalue weighted by molar-refractivity contribution is 8.01. The second kappa shape index (κ2) is 10.0. The van der Waals surface area contributed by atoms with E-state index in [-0.39, 0.29) is 5.91 Å². The largest absolute Gasteiger partial charge is 0.486 e. The summed E-state index contributed by atoms with van der Waals surface area (Å²) in [6.07, 6.45) is 0.732. The lowest BCUT2D eigenvalue weighted by atomic mass is 10.1. The molecular weight excluding hydrogens is 432 g/mol. The molecule has 1 amide bonds. The molecule has 4 rings (SSSR count). The molecule has 0 bridgehead atoms. The van der Waals surface area contributed by atoms with E-state index < -0.39 is 0 Å². The van der Waals surface area contributed by atoms with Crippen molar-refractivity contribution in [3.63, 3.8) is 0 Å². The number of hydrogen-bond acceptors (Lipinski definition) is 8. The first-order valence-electron chi connectivity index (χ1n) is 10.0. The first kappa shape index (κ1) is 21.5. The summed E-state index contributed by atoms with van der Waals surface area (Å²) in [4.78, 5) is 12.2. The molecule has 2 aromatic carbocycles. The molecular formula is C22H24N4O3S2. The van der Waals surface area contributed by atoms with E-state index in [4.69, 9.17) is 9.47 Å². The van der Waals surface area contributed by atoms with Crippen LogP contribution in [0.5, 0.6) is 11.5 Å². The number of thioether (sulfide) groups is 1. The molecule has 0 saturated carbocycles. The fourth-order valence-electron chi connectivity index (χ4n) is 3.09. The zero-order valence-corrected chi connectivity index (χ0v) is 19.1. The van der Waals surface area contributed by atoms with Crippen molar-refractivity contribution in [2.75, 3.05) is 30.8 Å². The lowest BCUT2D eigenvalue weighted by Crippen LogP contribution is -2.27. The molecule has 2 heterocycles. The molecule has 0 unspecified atom stereocenters. The van der Waals surface area contributed by atoms with Crippen molar-refractivity contribution < 1.29 is 14.3 Å². The van der Waals surface area contributed by atoms with Gasteiger partial charge >= 0.3 is 0 Å². The van der Waals surface area contributed by atoms with E-state index in [1.807, 2.05) is 30.3 Å². The number of ether oxygens (including phenoxy) is 2. The quantitative estimate of drug-likeness (QED) is 0.493. The van der Waals surface area contributed by atoms with Gasteiger partial charge in [0.25, 0.3) is 0 Å². The fraction of sp³-hybridized carbons (Fsp3) is 0.318. The minimum Gasteiger partial charge on any atom is -0.486 e. The Morgan fingerprint density at radius 3 is 2.84 bits per heavy atom. The Labute approximate surface area is 189 Å². The minimum atomic E-state index is -0.0261. The number of fused-ring (bicyclic) bond motifs is 1. The van der Waals surface area contributed by atoms with E-state index in [1.165, 1.54) is 34.2 Å². The summed E-state index contributed by atoms with van der Waals surface area (Å²) in [5.41, 5.74) is 4.52. The summed E-state index contributed by atoms with van der Waals surface area (Å²) in [6, 6.07) is 12.0. The van der Waals surface area contributed by atoms with Crippen LogP contribution >= 0.6 is 23.1 Å². The van der Waals surface area contributed by atoms with Crippen LogP contribution in [-0.2, 0) is 11.2 Å². The second-order valence-corrected chi connectivity index (χ2v) is 9.31. The summed E-state index contributed by atoms with van der Waals surface area (Å²) >= 11 is 2.83. The number of carbonyl (C=O) groups excluding carboxylic acids is 1. The van der Waals surface area contributed by atoms with Crippen LogP contribution in [0.25, 0.3) is 0 Å². The molecule has 0 atom stereocenters. The maximum absolute atomic E-state index is 12.2. The summed E-state index contributed by atoms with van der Waals surface area (Å²) in [6.45, 7) is 5.86. The van der Waals surface area contributed by atoms with E-state index in [0.29, 0.717) is 25.5 Å². The molecule has 9 heteroatoms. The van der Waals surface area contributed by atoms with E-state index in [2.05, 4.69) is 40.7 Å². The third-order valence-corrected chi connectivity index (χ3v) is 6.89. The molecule has 0 aliphatic carbocycles. The van der Waals surface area contributed by atoms with Gasteiger partial charge in [-0.1, -0.05) is 41.3 Å². The van der Waals surface area contributed by atoms with Gasteiger partial charge in [0.15, 0.2) is 15.8 Å². The number of rotatable bonds is 8. The highest BCUT2D eigenvalue weighted by Gasteiger charge is 2.12. The molecule has 1 aromatic heterocycles. The summed E-state index contributed by atoms with van der Waals surface area (Å²) in [5, 5.41) is 15.3. The predicted octanol–water partition coefficient (Wildman–Crippen LogP) is 4.12. The Morgan fingerprint density at radius 1 is 1.13 bits per heavy atom. The molecule has 0 fully saturated rings. The SMILES string of the molecule is Cc1cccc(Nc2nnc(SCC(=O)NCCc3ccc4c(c3)OCCO4)s2)c1C. The van der Waals surface area contributed by atoms with E-state index in [0.717, 1.165) is 38.6 Å². The number of carbonyl (C=O) groups is 1. The lowest BCUT2D eigenvalue weighted by molar-refractivity contribution is -0.118. The zero-order valence-electron chi connectivity index (χ0n) is 17.4. The highest BCUT2D eigenvalue weighted by atomic mass is 32.2. The maximum atomic E-state index is 12.2. The van der Waals surface area contributed by atoms with Gasteiger partial charge in [-0.2, -0.15) is 0 Å². The number of aryl methyl sites for hydroxylation is 1. The van der Waals surface area contributed by atoms with Gasteiger partial charge in [-0.15, -0.1) is 10.2 Å². The Bertz CT molecular complexity index is 1070. The molecule has 2 N–H and O–H groups in total. The van der Waals surface area contributed by atoms with Crippen LogP contribution in [0.15, 0.2) is 40.7 Å². The van der Waals surface area contributed by atoms with Gasteiger partial charge in [0, 0.05) is 12.2 Å². The second-order valence-electron chi connectivity index (χ2n) is 7.11. The van der Waals surface area contributed by atoms with Crippen LogP contribution in [0.2, 0.25) is 0 Å². The fourth-order valence-corrected chi connectivity index (χ4v) is 4.68. The van der Waals surface area contributed by atoms with E-state index in [1.54, 1.807) is 0 Å². The van der Waals surface area contributed by atoms with Crippen molar-refractivity contribution in [1.82, 2.24) is 15.5 Å². The van der Waals surface area contributed by atoms with Gasteiger partial charge in [0.05, 0.1) is 5.75 Å². The summed E-state index contributed by atoms with van der Waals surface area (Å²) in [7, 11) is 0. The molecule has 0 spiro atoms. The first-order chi connectivity index (χ1) is 15.1. The van der Waals surface area contributed by atoms with E-state index >= 15 is 0 Å². The van der Waals surface area contributed by atoms with Gasteiger partial charge in [-0.05, 0) is 55.2 Å². The number of amides is 1. The Balaban J connectivity index is 1.21. The first-order valence-corrected chi connectivity index (χ1v) is 11.8. The number of anilines is 2. The molecule has 7 nitrogen and oxygen atoms in total. The van der Waals surface area contributed by atoms with Crippen LogP contribution in [0.3, 0.4) is 0 Å². The van der Waals surface area contributed by atoms with Crippen molar-refractivity contribution in [2.24, 2.45) is 0 Å². The Morgan fingerprint density at radius 2 is 1.97 bits per heavy atom. The Kier molecular flexibility index (Phi) is 6.93.